The second kappa shape index (κ2) is 38.8. The van der Waals surface area contributed by atoms with E-state index in [2.05, 4.69) is 68.1 Å². The fraction of sp³-hybridized carbons (Fsp3) is 0.358. The van der Waals surface area contributed by atoms with Crippen molar-refractivity contribution in [3.05, 3.63) is 247 Å². The average molecular weight is 1770 g/mol. The molecule has 9 aromatic rings. The second-order valence-corrected chi connectivity index (χ2v) is 36.0. The number of aromatic nitrogens is 1. The number of esters is 1. The standard InChI is InChI=1S/C95H100N16O17S/c1-109(2)67-32-30-66(31-33-67)108-107-65-28-26-53(27-29-65)94(124)110-51-79(105-92(122)60-43-56-41-57(44-60)87(117)100-74-20-7-5-18-72(74)98-85(115)55-15-13-14-54(40-55)84(114)97-71-17-4-6-19-73(71)99-86(56)116)80(52-110)106-93(123)61-45-58-42-59(46-61)89(119)102-76-22-9-11-24-78(76)104-91(121)63-47-62(90(120)103-77-23-10-8-21-75(77)101-88(58)118)48-64(49-63)95(125)128-39-37-111-81-25-12-3-16-69(81)83(113)70-50-68(34-35-82(70)111)129(126,127)96-36-38-112/h3,12-16,25-35,40-50,71-80,96,112H,4-11,17-24,36-39,51-52H2,1-2H3,(H,97,114)(H,98,115)(H,99,116)(H,100,117)(H,101,118)(H,102,119)(H,103,120)(H,104,121)(H,105,122)(H,106,123)/t71-,72-,73-,74-,75+,76+,77+,78+,79-,80-/m1/s1. The molecule has 7 aliphatic rings. The van der Waals surface area contributed by atoms with Crippen molar-refractivity contribution >= 4 is 120 Å². The molecule has 0 spiro atoms. The van der Waals surface area contributed by atoms with Crippen molar-refractivity contribution in [3.63, 3.8) is 0 Å². The number of ether oxygens (including phenoxy) is 1. The van der Waals surface area contributed by atoms with Crippen LogP contribution in [0.1, 0.15) is 227 Å². The molecule has 0 unspecified atom stereocenters. The van der Waals surface area contributed by atoms with Gasteiger partial charge in [0.2, 0.25) is 10.0 Å². The minimum absolute atomic E-state index is 0.0511. The van der Waals surface area contributed by atoms with Gasteiger partial charge in [-0.25, -0.2) is 17.9 Å². The molecule has 16 rings (SSSR count). The summed E-state index contributed by atoms with van der Waals surface area (Å²) in [4.78, 5) is 195. The van der Waals surface area contributed by atoms with Gasteiger partial charge in [0, 0.05) is 160 Å². The number of nitrogens with one attached hydrogen (secondary N) is 11. The Balaban J connectivity index is 0.681. The number of para-hydroxylation sites is 1. The van der Waals surface area contributed by atoms with E-state index in [1.807, 2.05) is 43.3 Å². The third-order valence-electron chi connectivity index (χ3n) is 25.3. The molecule has 1 aromatic heterocycles. The van der Waals surface area contributed by atoms with Crippen LogP contribution in [-0.2, 0) is 21.3 Å². The Hall–Kier alpha value is -13.9. The molecule has 8 aromatic carbocycles. The SMILES string of the molecule is CN(C)c1ccc(N=Nc2ccc(C(=O)N3C[C@@H](NC(=O)c4cc5cc(c4)C(=O)N[C@H]4CCCC[C@@H]4NC(=O)c4cc(cc(C(=O)OCCn6c7ccccc7c(=O)c7cc(S(=O)(=O)NCCO)ccc76)c4)C(=O)N[C@H]4CCCC[C@@H]4NC5=O)[C@H](NC(=O)c4cc5cc(c4)C(=O)N[C@@H]4CCCC[C@H]4NC(=O)c4cccc(c4)C(=O)N[C@@H]4CCCC[C@H]4NC5=O)C3)cc2)cc1. The van der Waals surface area contributed by atoms with E-state index in [0.717, 1.165) is 18.5 Å². The Morgan fingerprint density at radius 3 is 1.18 bits per heavy atom. The number of anilines is 1. The summed E-state index contributed by atoms with van der Waals surface area (Å²) < 4.78 is 36.2. The molecule has 10 atom stereocenters. The van der Waals surface area contributed by atoms with Crippen LogP contribution in [0.25, 0.3) is 21.8 Å². The molecule has 668 valence electrons. The van der Waals surface area contributed by atoms with Crippen molar-refractivity contribution in [3.8, 4) is 0 Å². The van der Waals surface area contributed by atoms with Gasteiger partial charge in [-0.15, -0.1) is 0 Å². The van der Waals surface area contributed by atoms with Crippen molar-refractivity contribution in [1.29, 1.82) is 0 Å². The number of nitrogens with zero attached hydrogens (tertiary/aromatic N) is 5. The van der Waals surface area contributed by atoms with Crippen LogP contribution in [0.3, 0.4) is 0 Å². The summed E-state index contributed by atoms with van der Waals surface area (Å²) in [5.41, 5.74) is 1.87. The number of aliphatic hydroxyl groups is 1. The van der Waals surface area contributed by atoms with Crippen molar-refractivity contribution < 1.29 is 75.8 Å². The van der Waals surface area contributed by atoms with Gasteiger partial charge in [0.05, 0.1) is 58.1 Å². The summed E-state index contributed by atoms with van der Waals surface area (Å²) in [5, 5.41) is 49.0. The Labute approximate surface area is 742 Å². The predicted octanol–water partition coefficient (Wildman–Crippen LogP) is 8.33. The number of amides is 11. The maximum atomic E-state index is 15.5. The van der Waals surface area contributed by atoms with Crippen LogP contribution in [0.4, 0.5) is 17.1 Å². The molecule has 8 bridgehead atoms. The van der Waals surface area contributed by atoms with Crippen LogP contribution >= 0.6 is 0 Å². The first-order valence-corrected chi connectivity index (χ1v) is 45.3. The van der Waals surface area contributed by atoms with Gasteiger partial charge < -0.3 is 77.4 Å². The summed E-state index contributed by atoms with van der Waals surface area (Å²) in [7, 11) is -0.285. The number of carbonyl (C=O) groups is 12. The fourth-order valence-corrected chi connectivity index (χ4v) is 19.5. The number of hydrogen-bond donors (Lipinski definition) is 12. The van der Waals surface area contributed by atoms with E-state index in [9.17, 15) is 56.7 Å². The number of likely N-dealkylation sites (tertiary alicyclic amines) is 1. The smallest absolute Gasteiger partial charge is 0.338 e. The zero-order chi connectivity index (χ0) is 90.3. The van der Waals surface area contributed by atoms with Gasteiger partial charge in [-0.1, -0.05) is 69.6 Å². The monoisotopic (exact) mass is 1770 g/mol. The molecule has 4 aliphatic carbocycles. The van der Waals surface area contributed by atoms with Crippen LogP contribution in [0.5, 0.6) is 0 Å². The quantitative estimate of drug-likeness (QED) is 0.0245. The molecule has 5 fully saturated rings. The number of aliphatic hydroxyl groups excluding tert-OH is 1. The summed E-state index contributed by atoms with van der Waals surface area (Å²) >= 11 is 0. The summed E-state index contributed by atoms with van der Waals surface area (Å²) in [6.07, 6.45) is 8.77. The molecular weight excluding hydrogens is 1670 g/mol. The molecule has 3 aliphatic heterocycles. The van der Waals surface area contributed by atoms with Gasteiger partial charge in [0.1, 0.15) is 6.61 Å². The highest BCUT2D eigenvalue weighted by atomic mass is 32.2. The maximum absolute atomic E-state index is 15.5. The topological polar surface area (TPSA) is 454 Å². The third kappa shape index (κ3) is 20.3. The minimum Gasteiger partial charge on any atom is -0.460 e. The molecule has 4 saturated carbocycles. The number of benzene rings is 8. The van der Waals surface area contributed by atoms with Crippen LogP contribution in [0.15, 0.2) is 190 Å². The first-order valence-electron chi connectivity index (χ1n) is 43.8. The lowest BCUT2D eigenvalue weighted by molar-refractivity contribution is 0.0492. The molecule has 33 nitrogen and oxygen atoms in total. The molecule has 0 radical (unpaired) electrons. The molecule has 12 N–H and O–H groups in total. The Bertz CT molecular complexity index is 6000. The summed E-state index contributed by atoms with van der Waals surface area (Å²) in [6.45, 7) is -1.53. The van der Waals surface area contributed by atoms with E-state index >= 15 is 19.2 Å². The number of fused-ring (bicyclic) bond motifs is 14. The van der Waals surface area contributed by atoms with E-state index in [0.29, 0.717) is 112 Å². The lowest BCUT2D eigenvalue weighted by atomic mass is 9.89. The number of pyridine rings is 1. The molecule has 4 heterocycles. The number of hydrogen-bond acceptors (Lipinski definition) is 20. The largest absolute Gasteiger partial charge is 0.460 e. The van der Waals surface area contributed by atoms with Gasteiger partial charge in [-0.05, 0) is 203 Å². The van der Waals surface area contributed by atoms with E-state index in [1.165, 1.54) is 83.8 Å². The van der Waals surface area contributed by atoms with Crippen molar-refractivity contribution in [2.45, 2.75) is 175 Å². The predicted molar refractivity (Wildman–Crippen MR) is 478 cm³/mol. The number of rotatable bonds is 16. The van der Waals surface area contributed by atoms with E-state index < -0.39 is 153 Å². The lowest BCUT2D eigenvalue weighted by Gasteiger charge is -2.33. The van der Waals surface area contributed by atoms with Gasteiger partial charge in [-0.3, -0.25) is 57.5 Å². The van der Waals surface area contributed by atoms with Crippen LogP contribution in [0.2, 0.25) is 0 Å². The van der Waals surface area contributed by atoms with Gasteiger partial charge in [0.15, 0.2) is 5.43 Å². The molecular formula is C95H100N16O17S. The molecule has 34 heteroatoms. The highest BCUT2D eigenvalue weighted by molar-refractivity contribution is 7.89. The van der Waals surface area contributed by atoms with Crippen molar-refractivity contribution in [2.75, 3.05) is 51.8 Å². The Morgan fingerprint density at radius 1 is 0.419 bits per heavy atom. The number of carbonyl (C=O) groups excluding carboxylic acids is 12. The van der Waals surface area contributed by atoms with Crippen LogP contribution < -0.4 is 68.2 Å². The normalized spacial score (nSPS) is 22.3. The van der Waals surface area contributed by atoms with E-state index in [-0.39, 0.29) is 115 Å². The van der Waals surface area contributed by atoms with Crippen LogP contribution in [-0.4, -0.2) is 201 Å². The highest BCUT2D eigenvalue weighted by Crippen LogP contribution is 2.31. The van der Waals surface area contributed by atoms with Gasteiger partial charge >= 0.3 is 5.97 Å². The molecule has 11 amide bonds. The number of azo groups is 1. The van der Waals surface area contributed by atoms with E-state index in [1.54, 1.807) is 71.3 Å². The number of sulfonamides is 1. The second-order valence-electron chi connectivity index (χ2n) is 34.2. The zero-order valence-corrected chi connectivity index (χ0v) is 71.9. The van der Waals surface area contributed by atoms with E-state index in [4.69, 9.17) is 4.74 Å². The third-order valence-corrected chi connectivity index (χ3v) is 26.8. The first kappa shape index (κ1) is 88.6. The Morgan fingerprint density at radius 2 is 0.783 bits per heavy atom. The van der Waals surface area contributed by atoms with Gasteiger partial charge in [-0.2, -0.15) is 10.2 Å². The fourth-order valence-electron chi connectivity index (χ4n) is 18.4. The summed E-state index contributed by atoms with van der Waals surface area (Å²) in [5.74, 6) is -8.12. The lowest BCUT2D eigenvalue weighted by Crippen LogP contribution is -2.54. The highest BCUT2D eigenvalue weighted by Gasteiger charge is 2.41. The van der Waals surface area contributed by atoms with Gasteiger partial charge in [0.25, 0.3) is 65.0 Å². The maximum Gasteiger partial charge on any atom is 0.338 e. The van der Waals surface area contributed by atoms with Crippen molar-refractivity contribution in [2.24, 2.45) is 10.2 Å². The Kier molecular flexibility index (Phi) is 26.6. The minimum atomic E-state index is -4.13. The average Bonchev–Trinajstić information content (AvgIpc) is 1.26. The summed E-state index contributed by atoms with van der Waals surface area (Å²) in [6, 6.07) is 35.1. The first-order chi connectivity index (χ1) is 62.2. The van der Waals surface area contributed by atoms with Crippen LogP contribution in [0, 0.1) is 0 Å². The zero-order valence-electron chi connectivity index (χ0n) is 71.1. The van der Waals surface area contributed by atoms with Crippen molar-refractivity contribution in [1.82, 2.24) is 67.4 Å². The molecule has 129 heavy (non-hydrogen) atoms. The molecule has 1 saturated heterocycles.